The average Bonchev–Trinajstić information content (AvgIpc) is 2.41. The van der Waals surface area contributed by atoms with Gasteiger partial charge < -0.3 is 15.2 Å². The Morgan fingerprint density at radius 2 is 1.76 bits per heavy atom. The number of carbonyl (C=O) groups excluding carboxylic acids is 1. The van der Waals surface area contributed by atoms with Crippen LogP contribution in [0.25, 0.3) is 0 Å². The highest BCUT2D eigenvalue weighted by Crippen LogP contribution is 2.30. The van der Waals surface area contributed by atoms with Crippen LogP contribution in [0.2, 0.25) is 0 Å². The molecule has 0 heterocycles. The van der Waals surface area contributed by atoms with Gasteiger partial charge in [0.2, 0.25) is 0 Å². The van der Waals surface area contributed by atoms with Crippen molar-refractivity contribution in [3.8, 4) is 0 Å². The van der Waals surface area contributed by atoms with E-state index in [1.165, 1.54) is 12.1 Å². The second-order valence-electron chi connectivity index (χ2n) is 4.72. The summed E-state index contributed by atoms with van der Waals surface area (Å²) in [6.07, 6.45) is 0. The van der Waals surface area contributed by atoms with Gasteiger partial charge >= 0.3 is 0 Å². The Morgan fingerprint density at radius 1 is 1.10 bits per heavy atom. The molecule has 0 amide bonds. The van der Waals surface area contributed by atoms with Gasteiger partial charge in [-0.15, -0.1) is 0 Å². The summed E-state index contributed by atoms with van der Waals surface area (Å²) >= 11 is 0. The molecule has 6 heteroatoms. The quantitative estimate of drug-likeness (QED) is 0.687. The van der Waals surface area contributed by atoms with Crippen molar-refractivity contribution in [2.45, 2.75) is 13.8 Å². The van der Waals surface area contributed by atoms with Gasteiger partial charge in [-0.05, 0) is 31.5 Å². The molecule has 6 nitrogen and oxygen atoms in total. The second kappa shape index (κ2) is 5.62. The molecule has 0 unspecified atom stereocenters. The maximum absolute atomic E-state index is 11.1. The summed E-state index contributed by atoms with van der Waals surface area (Å²) in [5.41, 5.74) is 2.44. The molecule has 21 heavy (non-hydrogen) atoms. The number of benzene rings is 2. The van der Waals surface area contributed by atoms with Gasteiger partial charge in [0.05, 0.1) is 10.9 Å². The van der Waals surface area contributed by atoms with Crippen molar-refractivity contribution >= 4 is 23.0 Å². The van der Waals surface area contributed by atoms with Gasteiger partial charge in [-0.1, -0.05) is 23.8 Å². The van der Waals surface area contributed by atoms with E-state index in [0.29, 0.717) is 0 Å². The number of anilines is 2. The van der Waals surface area contributed by atoms with E-state index in [1.54, 1.807) is 0 Å². The molecule has 2 aromatic rings. The third-order valence-electron chi connectivity index (χ3n) is 3.08. The minimum Gasteiger partial charge on any atom is -0.545 e. The highest BCUT2D eigenvalue weighted by Gasteiger charge is 2.15. The number of rotatable bonds is 4. The lowest BCUT2D eigenvalue weighted by molar-refractivity contribution is -0.384. The first-order valence-electron chi connectivity index (χ1n) is 6.22. The number of carboxylic acids is 1. The zero-order chi connectivity index (χ0) is 15.6. The van der Waals surface area contributed by atoms with E-state index < -0.39 is 10.9 Å². The van der Waals surface area contributed by atoms with E-state index in [0.717, 1.165) is 22.9 Å². The lowest BCUT2D eigenvalue weighted by Gasteiger charge is -2.12. The topological polar surface area (TPSA) is 95.3 Å². The summed E-state index contributed by atoms with van der Waals surface area (Å²) in [7, 11) is 0. The summed E-state index contributed by atoms with van der Waals surface area (Å²) in [5.74, 6) is -1.45. The smallest absolute Gasteiger partial charge is 0.293 e. The number of nitrogens with zero attached hydrogens (tertiary/aromatic N) is 1. The van der Waals surface area contributed by atoms with Crippen molar-refractivity contribution in [2.24, 2.45) is 0 Å². The van der Waals surface area contributed by atoms with Crippen LogP contribution in [-0.4, -0.2) is 10.9 Å². The first-order valence-corrected chi connectivity index (χ1v) is 6.22. The number of hydrogen-bond donors (Lipinski definition) is 1. The van der Waals surface area contributed by atoms with Gasteiger partial charge in [-0.25, -0.2) is 0 Å². The lowest BCUT2D eigenvalue weighted by Crippen LogP contribution is -2.22. The van der Waals surface area contributed by atoms with Crippen LogP contribution in [0.3, 0.4) is 0 Å². The summed E-state index contributed by atoms with van der Waals surface area (Å²) in [5, 5.41) is 24.8. The second-order valence-corrected chi connectivity index (χ2v) is 4.72. The Hall–Kier alpha value is -2.89. The Kier molecular flexibility index (Phi) is 3.89. The van der Waals surface area contributed by atoms with Crippen molar-refractivity contribution in [1.82, 2.24) is 0 Å². The summed E-state index contributed by atoms with van der Waals surface area (Å²) < 4.78 is 0. The molecular formula is C15H13N2O4-. The van der Waals surface area contributed by atoms with Crippen LogP contribution in [0.5, 0.6) is 0 Å². The Balaban J connectivity index is 2.44. The standard InChI is InChI=1S/C15H14N2O4/c1-9-3-5-12(10(2)7-9)16-13-6-4-11(15(18)19)8-14(13)17(20)21/h3-8,16H,1-2H3,(H,18,19)/p-1. The van der Waals surface area contributed by atoms with Crippen LogP contribution in [-0.2, 0) is 0 Å². The van der Waals surface area contributed by atoms with Crippen LogP contribution in [0.1, 0.15) is 21.5 Å². The number of aromatic carboxylic acids is 1. The molecule has 0 fully saturated rings. The number of nitro benzene ring substituents is 1. The predicted molar refractivity (Wildman–Crippen MR) is 76.6 cm³/mol. The van der Waals surface area contributed by atoms with Crippen molar-refractivity contribution in [1.29, 1.82) is 0 Å². The fourth-order valence-corrected chi connectivity index (χ4v) is 2.01. The van der Waals surface area contributed by atoms with Gasteiger partial charge in [0.1, 0.15) is 5.69 Å². The van der Waals surface area contributed by atoms with Gasteiger partial charge in [0.15, 0.2) is 0 Å². The minimum atomic E-state index is -1.45. The van der Waals surface area contributed by atoms with E-state index >= 15 is 0 Å². The van der Waals surface area contributed by atoms with Crippen LogP contribution < -0.4 is 10.4 Å². The molecule has 0 saturated carbocycles. The minimum absolute atomic E-state index is 0.229. The third kappa shape index (κ3) is 3.17. The normalized spacial score (nSPS) is 10.2. The van der Waals surface area contributed by atoms with Crippen LogP contribution in [0, 0.1) is 24.0 Å². The number of carboxylic acid groups (broad SMARTS) is 1. The SMILES string of the molecule is Cc1ccc(Nc2ccc(C(=O)[O-])cc2[N+](=O)[O-])c(C)c1. The number of nitro groups is 1. The van der Waals surface area contributed by atoms with Crippen molar-refractivity contribution in [2.75, 3.05) is 5.32 Å². The maximum Gasteiger partial charge on any atom is 0.293 e. The average molecular weight is 285 g/mol. The predicted octanol–water partition coefficient (Wildman–Crippen LogP) is 2.32. The molecule has 2 rings (SSSR count). The lowest BCUT2D eigenvalue weighted by atomic mass is 10.1. The number of hydrogen-bond acceptors (Lipinski definition) is 5. The monoisotopic (exact) mass is 285 g/mol. The number of nitrogens with one attached hydrogen (secondary N) is 1. The van der Waals surface area contributed by atoms with E-state index in [2.05, 4.69) is 5.32 Å². The van der Waals surface area contributed by atoms with E-state index in [-0.39, 0.29) is 16.9 Å². The van der Waals surface area contributed by atoms with Crippen molar-refractivity contribution < 1.29 is 14.8 Å². The largest absolute Gasteiger partial charge is 0.545 e. The maximum atomic E-state index is 11.1. The number of aryl methyl sites for hydroxylation is 2. The molecule has 0 aliphatic carbocycles. The fraction of sp³-hybridized carbons (Fsp3) is 0.133. The van der Waals surface area contributed by atoms with E-state index in [1.807, 2.05) is 32.0 Å². The first kappa shape index (κ1) is 14.5. The molecule has 1 N–H and O–H groups in total. The molecule has 108 valence electrons. The molecule has 0 aromatic heterocycles. The van der Waals surface area contributed by atoms with Gasteiger partial charge in [0.25, 0.3) is 5.69 Å². The van der Waals surface area contributed by atoms with Crippen LogP contribution in [0.15, 0.2) is 36.4 Å². The van der Waals surface area contributed by atoms with Gasteiger partial charge in [-0.2, -0.15) is 0 Å². The zero-order valence-electron chi connectivity index (χ0n) is 11.5. The highest BCUT2D eigenvalue weighted by atomic mass is 16.6. The molecular weight excluding hydrogens is 272 g/mol. The first-order chi connectivity index (χ1) is 9.88. The van der Waals surface area contributed by atoms with Crippen molar-refractivity contribution in [3.05, 3.63) is 63.2 Å². The van der Waals surface area contributed by atoms with Crippen LogP contribution >= 0.6 is 0 Å². The molecule has 0 saturated heterocycles. The van der Waals surface area contributed by atoms with Gasteiger partial charge in [0, 0.05) is 17.3 Å². The third-order valence-corrected chi connectivity index (χ3v) is 3.08. The van der Waals surface area contributed by atoms with Crippen LogP contribution in [0.4, 0.5) is 17.1 Å². The number of carbonyl (C=O) groups is 1. The molecule has 0 spiro atoms. The fourth-order valence-electron chi connectivity index (χ4n) is 2.01. The van der Waals surface area contributed by atoms with E-state index in [9.17, 15) is 20.0 Å². The molecule has 0 radical (unpaired) electrons. The summed E-state index contributed by atoms with van der Waals surface area (Å²) in [4.78, 5) is 21.2. The molecule has 0 aliphatic heterocycles. The molecule has 0 aliphatic rings. The van der Waals surface area contributed by atoms with Crippen molar-refractivity contribution in [3.63, 3.8) is 0 Å². The Labute approximate surface area is 121 Å². The van der Waals surface area contributed by atoms with E-state index in [4.69, 9.17) is 0 Å². The Morgan fingerprint density at radius 3 is 2.33 bits per heavy atom. The Bertz CT molecular complexity index is 726. The molecule has 0 atom stereocenters. The molecule has 0 bridgehead atoms. The van der Waals surface area contributed by atoms with Gasteiger partial charge in [-0.3, -0.25) is 10.1 Å². The highest BCUT2D eigenvalue weighted by molar-refractivity contribution is 5.88. The summed E-state index contributed by atoms with van der Waals surface area (Å²) in [6, 6.07) is 9.28. The zero-order valence-corrected chi connectivity index (χ0v) is 11.5. The molecule has 2 aromatic carbocycles. The summed E-state index contributed by atoms with van der Waals surface area (Å²) in [6.45, 7) is 3.84.